The fourth-order valence-corrected chi connectivity index (χ4v) is 1.26. The molecule has 0 spiro atoms. The average Bonchev–Trinajstić information content (AvgIpc) is 2.35. The van der Waals surface area contributed by atoms with Crippen LogP contribution in [-0.2, 0) is 4.79 Å². The summed E-state index contributed by atoms with van der Waals surface area (Å²) in [6.45, 7) is 0. The van der Waals surface area contributed by atoms with E-state index in [9.17, 15) is 14.9 Å². The Hall–Kier alpha value is -2.88. The van der Waals surface area contributed by atoms with Crippen LogP contribution in [0.25, 0.3) is 6.08 Å². The van der Waals surface area contributed by atoms with Crippen LogP contribution < -0.4 is 10.5 Å². The van der Waals surface area contributed by atoms with Crippen molar-refractivity contribution in [3.63, 3.8) is 0 Å². The summed E-state index contributed by atoms with van der Waals surface area (Å²) in [5, 5.41) is 19.4. The first-order chi connectivity index (χ1) is 8.49. The number of nitriles is 1. The molecule has 0 bridgehead atoms. The number of carbonyl (C=O) groups is 1. The summed E-state index contributed by atoms with van der Waals surface area (Å²) in [6, 6.07) is 5.66. The molecule has 0 fully saturated rings. The summed E-state index contributed by atoms with van der Waals surface area (Å²) in [5.74, 6) is -0.800. The maximum atomic E-state index is 10.8. The zero-order valence-electron chi connectivity index (χ0n) is 9.41. The number of nitro groups is 1. The van der Waals surface area contributed by atoms with Gasteiger partial charge < -0.3 is 10.5 Å². The first kappa shape index (κ1) is 13.2. The number of nitrogens with zero attached hydrogens (tertiary/aromatic N) is 2. The molecule has 1 aromatic carbocycles. The third-order valence-corrected chi connectivity index (χ3v) is 2.10. The molecule has 0 atom stereocenters. The highest BCUT2D eigenvalue weighted by Crippen LogP contribution is 2.28. The van der Waals surface area contributed by atoms with Gasteiger partial charge in [0.15, 0.2) is 5.75 Å². The summed E-state index contributed by atoms with van der Waals surface area (Å²) < 4.78 is 4.82. The van der Waals surface area contributed by atoms with Gasteiger partial charge in [0.05, 0.1) is 12.0 Å². The molecule has 1 rings (SSSR count). The van der Waals surface area contributed by atoms with E-state index in [-0.39, 0.29) is 17.0 Å². The van der Waals surface area contributed by atoms with Gasteiger partial charge in [-0.15, -0.1) is 0 Å². The minimum Gasteiger partial charge on any atom is -0.490 e. The molecule has 0 aliphatic carbocycles. The molecule has 0 heterocycles. The second-order valence-electron chi connectivity index (χ2n) is 3.22. The summed E-state index contributed by atoms with van der Waals surface area (Å²) in [4.78, 5) is 21.0. The van der Waals surface area contributed by atoms with E-state index in [0.717, 1.165) is 0 Å². The SMILES string of the molecule is COc1ccc(/C=C(\C#N)C(N)=O)cc1[N+](=O)[O-]. The summed E-state index contributed by atoms with van der Waals surface area (Å²) >= 11 is 0. The molecule has 1 aromatic rings. The number of carbonyl (C=O) groups excluding carboxylic acids is 1. The molecular weight excluding hydrogens is 238 g/mol. The highest BCUT2D eigenvalue weighted by atomic mass is 16.6. The fraction of sp³-hybridized carbons (Fsp3) is 0.0909. The highest BCUT2D eigenvalue weighted by Gasteiger charge is 2.15. The minimum absolute atomic E-state index is 0.0923. The molecule has 7 heteroatoms. The second-order valence-corrected chi connectivity index (χ2v) is 3.22. The number of hydrogen-bond acceptors (Lipinski definition) is 5. The molecule has 92 valence electrons. The second kappa shape index (κ2) is 5.45. The van der Waals surface area contributed by atoms with Crippen molar-refractivity contribution in [3.8, 4) is 11.8 Å². The first-order valence-corrected chi connectivity index (χ1v) is 4.73. The molecule has 0 aromatic heterocycles. The van der Waals surface area contributed by atoms with Crippen molar-refractivity contribution in [2.75, 3.05) is 7.11 Å². The van der Waals surface area contributed by atoms with Gasteiger partial charge in [0.25, 0.3) is 5.91 Å². The lowest BCUT2D eigenvalue weighted by atomic mass is 10.1. The van der Waals surface area contributed by atoms with E-state index in [2.05, 4.69) is 0 Å². The molecule has 1 amide bonds. The van der Waals surface area contributed by atoms with E-state index in [1.807, 2.05) is 0 Å². The van der Waals surface area contributed by atoms with Gasteiger partial charge in [-0.2, -0.15) is 5.26 Å². The molecule has 18 heavy (non-hydrogen) atoms. The Morgan fingerprint density at radius 3 is 2.72 bits per heavy atom. The molecule has 0 unspecified atom stereocenters. The molecule has 2 N–H and O–H groups in total. The van der Waals surface area contributed by atoms with Crippen molar-refractivity contribution in [2.24, 2.45) is 5.73 Å². The Morgan fingerprint density at radius 1 is 1.61 bits per heavy atom. The Labute approximate surface area is 102 Å². The van der Waals surface area contributed by atoms with Crippen LogP contribution >= 0.6 is 0 Å². The van der Waals surface area contributed by atoms with Crippen molar-refractivity contribution in [3.05, 3.63) is 39.4 Å². The third-order valence-electron chi connectivity index (χ3n) is 2.10. The van der Waals surface area contributed by atoms with Gasteiger partial charge >= 0.3 is 5.69 Å². The molecular formula is C11H9N3O4. The van der Waals surface area contributed by atoms with E-state index in [4.69, 9.17) is 15.7 Å². The molecule has 7 nitrogen and oxygen atoms in total. The fourth-order valence-electron chi connectivity index (χ4n) is 1.26. The number of ether oxygens (including phenoxy) is 1. The number of primary amides is 1. The molecule has 0 aliphatic rings. The first-order valence-electron chi connectivity index (χ1n) is 4.73. The molecule has 0 aliphatic heterocycles. The van der Waals surface area contributed by atoms with Gasteiger partial charge in [0.1, 0.15) is 11.6 Å². The maximum Gasteiger partial charge on any atom is 0.311 e. The van der Waals surface area contributed by atoms with Gasteiger partial charge in [-0.05, 0) is 17.7 Å². The summed E-state index contributed by atoms with van der Waals surface area (Å²) in [5.41, 5.74) is 4.74. The minimum atomic E-state index is -0.893. The van der Waals surface area contributed by atoms with Crippen LogP contribution in [0.1, 0.15) is 5.56 Å². The van der Waals surface area contributed by atoms with Gasteiger partial charge in [-0.25, -0.2) is 0 Å². The Morgan fingerprint density at radius 2 is 2.28 bits per heavy atom. The van der Waals surface area contributed by atoms with Crippen LogP contribution in [0.5, 0.6) is 5.75 Å². The van der Waals surface area contributed by atoms with Crippen LogP contribution in [0.3, 0.4) is 0 Å². The Balaban J connectivity index is 3.29. The van der Waals surface area contributed by atoms with E-state index in [0.29, 0.717) is 5.56 Å². The Bertz CT molecular complexity index is 572. The van der Waals surface area contributed by atoms with Gasteiger partial charge in [0.2, 0.25) is 0 Å². The topological polar surface area (TPSA) is 119 Å². The number of rotatable bonds is 4. The summed E-state index contributed by atoms with van der Waals surface area (Å²) in [6.07, 6.45) is 1.18. The van der Waals surface area contributed by atoms with Crippen molar-refractivity contribution in [2.45, 2.75) is 0 Å². The third kappa shape index (κ3) is 2.82. The zero-order chi connectivity index (χ0) is 13.7. The monoisotopic (exact) mass is 247 g/mol. The lowest BCUT2D eigenvalue weighted by molar-refractivity contribution is -0.385. The van der Waals surface area contributed by atoms with E-state index in [1.54, 1.807) is 6.07 Å². The number of nitro benzene ring substituents is 1. The Kier molecular flexibility index (Phi) is 3.99. The van der Waals surface area contributed by atoms with E-state index >= 15 is 0 Å². The quantitative estimate of drug-likeness (QED) is 0.368. The van der Waals surface area contributed by atoms with Crippen molar-refractivity contribution in [1.82, 2.24) is 0 Å². The normalized spacial score (nSPS) is 10.6. The van der Waals surface area contributed by atoms with Crippen LogP contribution in [0.15, 0.2) is 23.8 Å². The van der Waals surface area contributed by atoms with Gasteiger partial charge in [-0.3, -0.25) is 14.9 Å². The predicted octanol–water partition coefficient (Wildman–Crippen LogP) is 0.996. The van der Waals surface area contributed by atoms with Gasteiger partial charge in [0, 0.05) is 6.07 Å². The largest absolute Gasteiger partial charge is 0.490 e. The smallest absolute Gasteiger partial charge is 0.311 e. The standard InChI is InChI=1S/C11H9N3O4/c1-18-10-3-2-7(5-9(10)14(16)17)4-8(6-12)11(13)15/h2-5H,1H3,(H2,13,15)/b8-4+. The van der Waals surface area contributed by atoms with E-state index in [1.165, 1.54) is 31.4 Å². The number of nitrogens with two attached hydrogens (primary N) is 1. The van der Waals surface area contributed by atoms with Gasteiger partial charge in [-0.1, -0.05) is 6.07 Å². The van der Waals surface area contributed by atoms with Crippen LogP contribution in [0, 0.1) is 21.4 Å². The lowest BCUT2D eigenvalue weighted by Gasteiger charge is -2.02. The molecule has 0 saturated heterocycles. The van der Waals surface area contributed by atoms with Crippen molar-refractivity contribution in [1.29, 1.82) is 5.26 Å². The lowest BCUT2D eigenvalue weighted by Crippen LogP contribution is -2.12. The number of methoxy groups -OCH3 is 1. The van der Waals surface area contributed by atoms with Crippen LogP contribution in [0.2, 0.25) is 0 Å². The van der Waals surface area contributed by atoms with Crippen molar-refractivity contribution < 1.29 is 14.5 Å². The maximum absolute atomic E-state index is 10.8. The zero-order valence-corrected chi connectivity index (χ0v) is 9.41. The summed E-state index contributed by atoms with van der Waals surface area (Å²) in [7, 11) is 1.31. The number of amides is 1. The van der Waals surface area contributed by atoms with E-state index < -0.39 is 10.8 Å². The van der Waals surface area contributed by atoms with Crippen LogP contribution in [0.4, 0.5) is 5.69 Å². The van der Waals surface area contributed by atoms with Crippen LogP contribution in [-0.4, -0.2) is 17.9 Å². The number of benzene rings is 1. The predicted molar refractivity (Wildman–Crippen MR) is 62.4 cm³/mol. The average molecular weight is 247 g/mol. The van der Waals surface area contributed by atoms with Crippen molar-refractivity contribution >= 4 is 17.7 Å². The molecule has 0 saturated carbocycles. The molecule has 0 radical (unpaired) electrons. The highest BCUT2D eigenvalue weighted by molar-refractivity contribution is 6.00. The number of hydrogen-bond donors (Lipinski definition) is 1.